The monoisotopic (exact) mass is 251 g/mol. The molecule has 1 aliphatic heterocycles. The Morgan fingerprint density at radius 2 is 2.22 bits per heavy atom. The Kier molecular flexibility index (Phi) is 3.39. The summed E-state index contributed by atoms with van der Waals surface area (Å²) in [6, 6.07) is 4.51. The van der Waals surface area contributed by atoms with E-state index in [1.165, 1.54) is 13.0 Å². The van der Waals surface area contributed by atoms with Crippen molar-refractivity contribution in [2.24, 2.45) is 0 Å². The lowest BCUT2D eigenvalue weighted by atomic mass is 9.94. The summed E-state index contributed by atoms with van der Waals surface area (Å²) in [6.45, 7) is 4.33. The minimum absolute atomic E-state index is 0.147. The van der Waals surface area contributed by atoms with Gasteiger partial charge in [-0.2, -0.15) is 0 Å². The molecule has 1 aromatic carbocycles. The molecule has 1 unspecified atom stereocenters. The molecule has 1 aliphatic rings. The van der Waals surface area contributed by atoms with Crippen LogP contribution in [0.2, 0.25) is 0 Å². The summed E-state index contributed by atoms with van der Waals surface area (Å²) < 4.78 is 14.0. The van der Waals surface area contributed by atoms with Gasteiger partial charge in [-0.25, -0.2) is 4.39 Å². The third-order valence-corrected chi connectivity index (χ3v) is 3.37. The Labute approximate surface area is 106 Å². The van der Waals surface area contributed by atoms with Gasteiger partial charge in [0.1, 0.15) is 5.82 Å². The SMILES string of the molecule is CC(=O)c1ccc(N2CCCC(C)(O)C2)c(F)c1. The van der Waals surface area contributed by atoms with E-state index in [2.05, 4.69) is 0 Å². The van der Waals surface area contributed by atoms with E-state index in [9.17, 15) is 14.3 Å². The molecule has 0 bridgehead atoms. The number of benzene rings is 1. The molecular formula is C14H18FNO2. The van der Waals surface area contributed by atoms with Crippen LogP contribution in [-0.2, 0) is 0 Å². The second-order valence-corrected chi connectivity index (χ2v) is 5.24. The van der Waals surface area contributed by atoms with Crippen molar-refractivity contribution in [3.8, 4) is 0 Å². The smallest absolute Gasteiger partial charge is 0.159 e. The highest BCUT2D eigenvalue weighted by Gasteiger charge is 2.29. The van der Waals surface area contributed by atoms with E-state index >= 15 is 0 Å². The van der Waals surface area contributed by atoms with Crippen LogP contribution in [0, 0.1) is 5.82 Å². The zero-order valence-corrected chi connectivity index (χ0v) is 10.7. The van der Waals surface area contributed by atoms with E-state index in [1.807, 2.05) is 4.90 Å². The highest BCUT2D eigenvalue weighted by atomic mass is 19.1. The molecule has 2 rings (SSSR count). The highest BCUT2D eigenvalue weighted by molar-refractivity contribution is 5.94. The van der Waals surface area contributed by atoms with Crippen molar-refractivity contribution in [1.29, 1.82) is 0 Å². The van der Waals surface area contributed by atoms with E-state index in [1.54, 1.807) is 19.1 Å². The number of rotatable bonds is 2. The van der Waals surface area contributed by atoms with Gasteiger partial charge < -0.3 is 10.0 Å². The Hall–Kier alpha value is -1.42. The van der Waals surface area contributed by atoms with Crippen LogP contribution in [0.15, 0.2) is 18.2 Å². The van der Waals surface area contributed by atoms with Crippen molar-refractivity contribution >= 4 is 11.5 Å². The molecule has 0 spiro atoms. The number of hydrogen-bond acceptors (Lipinski definition) is 3. The van der Waals surface area contributed by atoms with Gasteiger partial charge in [0.25, 0.3) is 0 Å². The van der Waals surface area contributed by atoms with Crippen molar-refractivity contribution in [3.05, 3.63) is 29.6 Å². The number of β-amino-alcohol motifs (C(OH)–C–C–N with tert-alkyl or cyclic N) is 1. The first-order chi connectivity index (χ1) is 8.39. The molecule has 1 atom stereocenters. The van der Waals surface area contributed by atoms with Crippen LogP contribution in [0.3, 0.4) is 0 Å². The number of aliphatic hydroxyl groups is 1. The molecule has 1 heterocycles. The summed E-state index contributed by atoms with van der Waals surface area (Å²) in [4.78, 5) is 13.0. The summed E-state index contributed by atoms with van der Waals surface area (Å²) in [5, 5.41) is 10.0. The fraction of sp³-hybridized carbons (Fsp3) is 0.500. The lowest BCUT2D eigenvalue weighted by molar-refractivity contribution is 0.0447. The molecule has 18 heavy (non-hydrogen) atoms. The number of halogens is 1. The Morgan fingerprint density at radius 1 is 1.50 bits per heavy atom. The summed E-state index contributed by atoms with van der Waals surface area (Å²) in [5.41, 5.74) is 0.0595. The summed E-state index contributed by atoms with van der Waals surface area (Å²) in [5.74, 6) is -0.550. The zero-order chi connectivity index (χ0) is 13.3. The average Bonchev–Trinajstić information content (AvgIpc) is 2.27. The maximum absolute atomic E-state index is 14.0. The van der Waals surface area contributed by atoms with Gasteiger partial charge in [0.15, 0.2) is 5.78 Å². The molecule has 1 aromatic rings. The Morgan fingerprint density at radius 3 is 2.78 bits per heavy atom. The van der Waals surface area contributed by atoms with Crippen LogP contribution in [0.5, 0.6) is 0 Å². The fourth-order valence-electron chi connectivity index (χ4n) is 2.41. The molecule has 0 amide bonds. The van der Waals surface area contributed by atoms with Gasteiger partial charge in [0.2, 0.25) is 0 Å². The third-order valence-electron chi connectivity index (χ3n) is 3.37. The first-order valence-electron chi connectivity index (χ1n) is 6.17. The summed E-state index contributed by atoms with van der Waals surface area (Å²) >= 11 is 0. The largest absolute Gasteiger partial charge is 0.388 e. The molecule has 3 nitrogen and oxygen atoms in total. The maximum Gasteiger partial charge on any atom is 0.159 e. The zero-order valence-electron chi connectivity index (χ0n) is 10.7. The number of Topliss-reactive ketones (excluding diaryl/α,β-unsaturated/α-hetero) is 1. The number of anilines is 1. The third kappa shape index (κ3) is 2.70. The second-order valence-electron chi connectivity index (χ2n) is 5.24. The number of piperidine rings is 1. The van der Waals surface area contributed by atoms with Gasteiger partial charge in [-0.3, -0.25) is 4.79 Å². The Balaban J connectivity index is 2.26. The standard InChI is InChI=1S/C14H18FNO2/c1-10(17)11-4-5-13(12(15)8-11)16-7-3-6-14(2,18)9-16/h4-5,8,18H,3,6-7,9H2,1-2H3. The van der Waals surface area contributed by atoms with Gasteiger partial charge in [0, 0.05) is 18.7 Å². The predicted octanol–water partition coefficient (Wildman–Crippen LogP) is 2.38. The molecule has 4 heteroatoms. The van der Waals surface area contributed by atoms with Gasteiger partial charge in [0.05, 0.1) is 11.3 Å². The number of ketones is 1. The van der Waals surface area contributed by atoms with Crippen molar-refractivity contribution < 1.29 is 14.3 Å². The van der Waals surface area contributed by atoms with Crippen LogP contribution >= 0.6 is 0 Å². The van der Waals surface area contributed by atoms with Gasteiger partial charge in [-0.15, -0.1) is 0 Å². The number of carbonyl (C=O) groups excluding carboxylic acids is 1. The van der Waals surface area contributed by atoms with Crippen molar-refractivity contribution in [1.82, 2.24) is 0 Å². The van der Waals surface area contributed by atoms with Crippen molar-refractivity contribution in [2.45, 2.75) is 32.3 Å². The van der Waals surface area contributed by atoms with Crippen LogP contribution in [-0.4, -0.2) is 29.6 Å². The number of nitrogens with zero attached hydrogens (tertiary/aromatic N) is 1. The van der Waals surface area contributed by atoms with Gasteiger partial charge in [-0.1, -0.05) is 0 Å². The second kappa shape index (κ2) is 4.69. The fourth-order valence-corrected chi connectivity index (χ4v) is 2.41. The average molecular weight is 251 g/mol. The van der Waals surface area contributed by atoms with E-state index < -0.39 is 11.4 Å². The van der Waals surface area contributed by atoms with E-state index in [-0.39, 0.29) is 5.78 Å². The molecule has 1 N–H and O–H groups in total. The number of hydrogen-bond donors (Lipinski definition) is 1. The minimum atomic E-state index is -0.774. The minimum Gasteiger partial charge on any atom is -0.388 e. The molecule has 0 saturated carbocycles. The van der Waals surface area contributed by atoms with Crippen molar-refractivity contribution in [3.63, 3.8) is 0 Å². The van der Waals surface area contributed by atoms with Gasteiger partial charge in [-0.05, 0) is 44.9 Å². The Bertz CT molecular complexity index is 471. The normalized spacial score (nSPS) is 24.1. The van der Waals surface area contributed by atoms with Crippen LogP contribution < -0.4 is 4.90 Å². The van der Waals surface area contributed by atoms with E-state index in [0.717, 1.165) is 19.4 Å². The first-order valence-corrected chi connectivity index (χ1v) is 6.17. The van der Waals surface area contributed by atoms with Crippen molar-refractivity contribution in [2.75, 3.05) is 18.0 Å². The van der Waals surface area contributed by atoms with Gasteiger partial charge >= 0.3 is 0 Å². The summed E-state index contributed by atoms with van der Waals surface area (Å²) in [6.07, 6.45) is 1.57. The molecule has 0 aromatic heterocycles. The van der Waals surface area contributed by atoms with E-state index in [0.29, 0.717) is 17.8 Å². The quantitative estimate of drug-likeness (QED) is 0.820. The predicted molar refractivity (Wildman–Crippen MR) is 68.5 cm³/mol. The molecule has 1 saturated heterocycles. The lowest BCUT2D eigenvalue weighted by Crippen LogP contribution is -2.46. The first kappa shape index (κ1) is 13.0. The summed E-state index contributed by atoms with van der Waals surface area (Å²) in [7, 11) is 0. The van der Waals surface area contributed by atoms with E-state index in [4.69, 9.17) is 0 Å². The maximum atomic E-state index is 14.0. The molecule has 98 valence electrons. The number of carbonyl (C=O) groups is 1. The molecular weight excluding hydrogens is 233 g/mol. The lowest BCUT2D eigenvalue weighted by Gasteiger charge is -2.38. The van der Waals surface area contributed by atoms with Crippen LogP contribution in [0.25, 0.3) is 0 Å². The van der Waals surface area contributed by atoms with Crippen LogP contribution in [0.1, 0.15) is 37.0 Å². The topological polar surface area (TPSA) is 40.5 Å². The van der Waals surface area contributed by atoms with Crippen LogP contribution in [0.4, 0.5) is 10.1 Å². The highest BCUT2D eigenvalue weighted by Crippen LogP contribution is 2.28. The molecule has 1 fully saturated rings. The molecule has 0 aliphatic carbocycles. The molecule has 0 radical (unpaired) electrons.